The van der Waals surface area contributed by atoms with Crippen LogP contribution in [-0.4, -0.2) is 31.3 Å². The van der Waals surface area contributed by atoms with Crippen molar-refractivity contribution in [2.45, 2.75) is 40.9 Å². The molecular weight excluding hydrogens is 659 g/mol. The second kappa shape index (κ2) is 11.2. The summed E-state index contributed by atoms with van der Waals surface area (Å²) in [7, 11) is -5.99. The van der Waals surface area contributed by atoms with Gasteiger partial charge in [0.15, 0.2) is 0 Å². The van der Waals surface area contributed by atoms with Gasteiger partial charge in [-0.25, -0.2) is 0 Å². The minimum absolute atomic E-state index is 0.0218. The van der Waals surface area contributed by atoms with Crippen molar-refractivity contribution in [2.75, 3.05) is 12.4 Å². The summed E-state index contributed by atoms with van der Waals surface area (Å²) in [6.45, 7) is 6.18. The number of benzene rings is 4. The van der Waals surface area contributed by atoms with E-state index in [2.05, 4.69) is 93.6 Å². The quantitative estimate of drug-likeness (QED) is 0.141. The van der Waals surface area contributed by atoms with E-state index in [1.807, 2.05) is 18.2 Å². The third kappa shape index (κ3) is 5.93. The van der Waals surface area contributed by atoms with Crippen LogP contribution in [-0.2, 0) is 20.3 Å². The van der Waals surface area contributed by atoms with Gasteiger partial charge in [0, 0.05) is 0 Å². The van der Waals surface area contributed by atoms with Gasteiger partial charge in [0.25, 0.3) is 0 Å². The Labute approximate surface area is 244 Å². The van der Waals surface area contributed by atoms with Crippen molar-refractivity contribution < 1.29 is 46.7 Å². The first-order valence-electron chi connectivity index (χ1n) is 12.7. The second-order valence-electron chi connectivity index (χ2n) is 10.3. The zero-order valence-corrected chi connectivity index (χ0v) is 26.1. The van der Waals surface area contributed by atoms with Crippen LogP contribution in [0, 0.1) is 3.57 Å². The number of carbonyl (C=O) groups excluding carboxylic acids is 1. The Bertz CT molecular complexity index is 1670. The predicted octanol–water partition coefficient (Wildman–Crippen LogP) is 4.37. The number of hydrogen-bond donors (Lipinski definition) is 1. The van der Waals surface area contributed by atoms with Gasteiger partial charge < -0.3 is 0 Å². The molecule has 2 heterocycles. The maximum atomic E-state index is 12.9. The van der Waals surface area contributed by atoms with Crippen LogP contribution in [0.5, 0.6) is 0 Å². The SMILES string of the molecule is CC(C)(C)c1ccc(S([I-]c2cc3cc(C(=O)OCCS(=O)(=O)O)c2o3)(c2ccccc2)c2ccccc2)cc1. The molecule has 0 fully saturated rings. The molecule has 0 amide bonds. The van der Waals surface area contributed by atoms with Gasteiger partial charge in [-0.3, -0.25) is 0 Å². The number of ether oxygens (including phenoxy) is 1. The Hall–Kier alpha value is -2.86. The van der Waals surface area contributed by atoms with E-state index in [9.17, 15) is 13.2 Å². The van der Waals surface area contributed by atoms with Crippen molar-refractivity contribution in [1.82, 2.24) is 0 Å². The molecule has 0 spiro atoms. The standard InChI is InChI=1S/C31H30IO6S2/c1-31(2,3)22-14-16-26(17-15-22)40(24-10-6-4-7-11-24,25-12-8-5-9-13-25)32-28-21-23-20-27(29(28)38-23)30(33)37-18-19-39(34,35)36/h4-17,20-21H,18-19H2,1-3H3,(H,34,35,36)/q-1. The van der Waals surface area contributed by atoms with Crippen molar-refractivity contribution >= 4 is 34.5 Å². The van der Waals surface area contributed by atoms with Crippen LogP contribution >= 0.6 is 7.20 Å². The average molecular weight is 690 g/mol. The average Bonchev–Trinajstić information content (AvgIpc) is 3.53. The molecule has 0 aliphatic heterocycles. The molecule has 0 aliphatic carbocycles. The fourth-order valence-corrected chi connectivity index (χ4v) is 16.5. The van der Waals surface area contributed by atoms with Crippen molar-refractivity contribution in [3.8, 4) is 0 Å². The monoisotopic (exact) mass is 689 g/mol. The summed E-state index contributed by atoms with van der Waals surface area (Å²) in [5, 5.41) is 0. The summed E-state index contributed by atoms with van der Waals surface area (Å²) in [6.07, 6.45) is 0. The van der Waals surface area contributed by atoms with Crippen LogP contribution in [0.15, 0.2) is 116 Å². The summed E-state index contributed by atoms with van der Waals surface area (Å²) >= 11 is -0.830. The topological polar surface area (TPSA) is 93.8 Å². The zero-order valence-electron chi connectivity index (χ0n) is 22.3. The molecule has 0 radical (unpaired) electrons. The van der Waals surface area contributed by atoms with Crippen molar-refractivity contribution in [2.24, 2.45) is 0 Å². The van der Waals surface area contributed by atoms with Gasteiger partial charge in [-0.1, -0.05) is 0 Å². The molecule has 6 nitrogen and oxygen atoms in total. The Morgan fingerprint density at radius 3 is 1.90 bits per heavy atom. The molecule has 0 unspecified atom stereocenters. The Kier molecular flexibility index (Phi) is 8.02. The van der Waals surface area contributed by atoms with E-state index in [1.54, 1.807) is 6.07 Å². The molecule has 1 N–H and O–H groups in total. The fraction of sp³-hybridized carbons (Fsp3) is 0.194. The van der Waals surface area contributed by atoms with Crippen molar-refractivity contribution in [3.05, 3.63) is 112 Å². The van der Waals surface area contributed by atoms with E-state index < -0.39 is 55.5 Å². The molecule has 5 aromatic rings. The van der Waals surface area contributed by atoms with Crippen LogP contribution in [0.2, 0.25) is 0 Å². The first kappa shape index (κ1) is 28.7. The Morgan fingerprint density at radius 2 is 1.40 bits per heavy atom. The van der Waals surface area contributed by atoms with Crippen LogP contribution in [0.25, 0.3) is 11.2 Å². The van der Waals surface area contributed by atoms with E-state index in [-0.39, 0.29) is 11.0 Å². The summed E-state index contributed by atoms with van der Waals surface area (Å²) in [5.41, 5.74) is 2.61. The maximum absolute atomic E-state index is 12.9. The number of esters is 1. The van der Waals surface area contributed by atoms with Crippen LogP contribution < -0.4 is 19.8 Å². The van der Waals surface area contributed by atoms with Gasteiger partial charge in [0.05, 0.1) is 0 Å². The zero-order chi connectivity index (χ0) is 28.5. The predicted molar refractivity (Wildman–Crippen MR) is 153 cm³/mol. The van der Waals surface area contributed by atoms with Gasteiger partial charge >= 0.3 is 246 Å². The number of carbonyl (C=O) groups is 1. The van der Waals surface area contributed by atoms with Gasteiger partial charge in [0.2, 0.25) is 0 Å². The van der Waals surface area contributed by atoms with Gasteiger partial charge in [-0.05, 0) is 0 Å². The summed E-state index contributed by atoms with van der Waals surface area (Å²) in [4.78, 5) is 16.6. The summed E-state index contributed by atoms with van der Waals surface area (Å²) in [5.74, 6) is -1.33. The molecule has 2 aromatic heterocycles. The molecule has 40 heavy (non-hydrogen) atoms. The van der Waals surface area contributed by atoms with E-state index in [1.165, 1.54) is 20.2 Å². The number of halogens is 1. The molecule has 0 saturated carbocycles. The second-order valence-corrected chi connectivity index (χ2v) is 21.0. The molecule has 3 aromatic carbocycles. The van der Waals surface area contributed by atoms with E-state index in [0.717, 1.165) is 3.57 Å². The number of fused-ring (bicyclic) bond motifs is 2. The van der Waals surface area contributed by atoms with E-state index in [0.29, 0.717) is 11.2 Å². The van der Waals surface area contributed by atoms with E-state index >= 15 is 0 Å². The molecule has 2 bridgehead atoms. The van der Waals surface area contributed by atoms with Crippen LogP contribution in [0.4, 0.5) is 0 Å². The first-order valence-corrected chi connectivity index (χ1v) is 19.5. The Morgan fingerprint density at radius 1 is 0.850 bits per heavy atom. The van der Waals surface area contributed by atoms with Gasteiger partial charge in [0.1, 0.15) is 0 Å². The van der Waals surface area contributed by atoms with Crippen molar-refractivity contribution in [1.29, 1.82) is 0 Å². The molecule has 5 rings (SSSR count). The normalized spacial score (nSPS) is 13.1. The van der Waals surface area contributed by atoms with Crippen molar-refractivity contribution in [3.63, 3.8) is 0 Å². The number of furan rings is 2. The van der Waals surface area contributed by atoms with Crippen LogP contribution in [0.1, 0.15) is 36.7 Å². The van der Waals surface area contributed by atoms with Crippen LogP contribution in [0.3, 0.4) is 0 Å². The summed E-state index contributed by atoms with van der Waals surface area (Å²) in [6, 6.07) is 33.6. The molecule has 9 heteroatoms. The molecule has 0 saturated heterocycles. The molecule has 0 atom stereocenters. The third-order valence-electron chi connectivity index (χ3n) is 6.41. The van der Waals surface area contributed by atoms with Gasteiger partial charge in [-0.15, -0.1) is 0 Å². The minimum atomic E-state index is -4.24. The van der Waals surface area contributed by atoms with Gasteiger partial charge in [-0.2, -0.15) is 0 Å². The Balaban J connectivity index is 1.63. The first-order chi connectivity index (χ1) is 19.0. The molecule has 210 valence electrons. The van der Waals surface area contributed by atoms with E-state index in [4.69, 9.17) is 13.7 Å². The molecular formula is C31H30IO6S2-. The number of hydrogen-bond acceptors (Lipinski definition) is 5. The summed E-state index contributed by atoms with van der Waals surface area (Å²) < 4.78 is 43.3. The molecule has 0 aliphatic rings. The fourth-order valence-electron chi connectivity index (χ4n) is 4.40. The third-order valence-corrected chi connectivity index (χ3v) is 19.0. The number of rotatable bonds is 9.